The molecular weight excluding hydrogens is 226 g/mol. The molecule has 0 saturated carbocycles. The van der Waals surface area contributed by atoms with E-state index in [1.54, 1.807) is 6.08 Å². The Balaban J connectivity index is 2.34. The maximum absolute atomic E-state index is 8.98. The van der Waals surface area contributed by atoms with Crippen LogP contribution in [0.1, 0.15) is 11.3 Å². The van der Waals surface area contributed by atoms with E-state index in [1.165, 1.54) is 0 Å². The standard InChI is InChI=1S/C14H13N3O/c1-3-8-16-14-12(9-15)17-13(18-14)11-6-4-10(2)5-7-11/h3-7,16H,1,8H2,2H3. The van der Waals surface area contributed by atoms with Crippen LogP contribution in [0.15, 0.2) is 41.3 Å². The molecule has 1 aromatic heterocycles. The highest BCUT2D eigenvalue weighted by molar-refractivity contribution is 5.59. The normalized spacial score (nSPS) is 9.78. The molecule has 0 aliphatic heterocycles. The van der Waals surface area contributed by atoms with E-state index in [9.17, 15) is 0 Å². The largest absolute Gasteiger partial charge is 0.419 e. The van der Waals surface area contributed by atoms with E-state index in [0.717, 1.165) is 11.1 Å². The summed E-state index contributed by atoms with van der Waals surface area (Å²) in [6.07, 6.45) is 1.69. The summed E-state index contributed by atoms with van der Waals surface area (Å²) < 4.78 is 5.54. The van der Waals surface area contributed by atoms with Crippen molar-refractivity contribution in [1.82, 2.24) is 4.98 Å². The van der Waals surface area contributed by atoms with Gasteiger partial charge in [0.2, 0.25) is 17.5 Å². The molecule has 4 heteroatoms. The Morgan fingerprint density at radius 2 is 2.17 bits per heavy atom. The van der Waals surface area contributed by atoms with Crippen molar-refractivity contribution in [3.8, 4) is 17.5 Å². The summed E-state index contributed by atoms with van der Waals surface area (Å²) in [6.45, 7) is 6.13. The number of benzene rings is 1. The number of rotatable bonds is 4. The summed E-state index contributed by atoms with van der Waals surface area (Å²) in [6, 6.07) is 9.79. The van der Waals surface area contributed by atoms with Crippen LogP contribution in [0.2, 0.25) is 0 Å². The lowest BCUT2D eigenvalue weighted by atomic mass is 10.1. The predicted molar refractivity (Wildman–Crippen MR) is 70.1 cm³/mol. The average Bonchev–Trinajstić information content (AvgIpc) is 2.80. The minimum absolute atomic E-state index is 0.257. The molecule has 0 aliphatic rings. The second-order valence-corrected chi connectivity index (χ2v) is 3.84. The Hall–Kier alpha value is -2.54. The van der Waals surface area contributed by atoms with Crippen LogP contribution >= 0.6 is 0 Å². The summed E-state index contributed by atoms with van der Waals surface area (Å²) >= 11 is 0. The molecule has 0 fully saturated rings. The monoisotopic (exact) mass is 239 g/mol. The minimum Gasteiger partial charge on any atom is -0.419 e. The van der Waals surface area contributed by atoms with E-state index in [2.05, 4.69) is 16.9 Å². The van der Waals surface area contributed by atoms with Gasteiger partial charge in [0, 0.05) is 12.1 Å². The van der Waals surface area contributed by atoms with E-state index in [-0.39, 0.29) is 5.69 Å². The van der Waals surface area contributed by atoms with Gasteiger partial charge in [-0.3, -0.25) is 0 Å². The zero-order valence-corrected chi connectivity index (χ0v) is 10.1. The fourth-order valence-corrected chi connectivity index (χ4v) is 1.50. The van der Waals surface area contributed by atoms with Gasteiger partial charge in [0.1, 0.15) is 6.07 Å². The van der Waals surface area contributed by atoms with Gasteiger partial charge in [-0.15, -0.1) is 6.58 Å². The van der Waals surface area contributed by atoms with Gasteiger partial charge in [-0.25, -0.2) is 0 Å². The van der Waals surface area contributed by atoms with Crippen LogP contribution in [0.25, 0.3) is 11.5 Å². The number of aromatic nitrogens is 1. The smallest absolute Gasteiger partial charge is 0.232 e. The second kappa shape index (κ2) is 5.19. The van der Waals surface area contributed by atoms with Gasteiger partial charge in [-0.05, 0) is 19.1 Å². The van der Waals surface area contributed by atoms with Crippen LogP contribution in [-0.4, -0.2) is 11.5 Å². The number of nitrogens with one attached hydrogen (secondary N) is 1. The van der Waals surface area contributed by atoms with Crippen LogP contribution < -0.4 is 5.32 Å². The molecule has 0 amide bonds. The first-order chi connectivity index (χ1) is 8.74. The van der Waals surface area contributed by atoms with Gasteiger partial charge in [0.05, 0.1) is 0 Å². The summed E-state index contributed by atoms with van der Waals surface area (Å²) in [7, 11) is 0. The van der Waals surface area contributed by atoms with Crippen LogP contribution in [0.3, 0.4) is 0 Å². The molecule has 0 aliphatic carbocycles. The third kappa shape index (κ3) is 2.41. The molecule has 18 heavy (non-hydrogen) atoms. The first-order valence-electron chi connectivity index (χ1n) is 5.57. The van der Waals surface area contributed by atoms with Gasteiger partial charge >= 0.3 is 0 Å². The van der Waals surface area contributed by atoms with Crippen LogP contribution in [-0.2, 0) is 0 Å². The van der Waals surface area contributed by atoms with Crippen LogP contribution in [0, 0.1) is 18.3 Å². The molecule has 0 spiro atoms. The number of hydrogen-bond donors (Lipinski definition) is 1. The topological polar surface area (TPSA) is 61.9 Å². The third-order valence-corrected chi connectivity index (χ3v) is 2.44. The van der Waals surface area contributed by atoms with E-state index >= 15 is 0 Å². The Labute approximate surface area is 106 Å². The zero-order chi connectivity index (χ0) is 13.0. The molecule has 1 heterocycles. The number of anilines is 1. The molecule has 2 aromatic rings. The molecule has 1 aromatic carbocycles. The van der Waals surface area contributed by atoms with Crippen molar-refractivity contribution >= 4 is 5.88 Å². The second-order valence-electron chi connectivity index (χ2n) is 3.84. The van der Waals surface area contributed by atoms with Crippen molar-refractivity contribution in [2.24, 2.45) is 0 Å². The van der Waals surface area contributed by atoms with E-state index < -0.39 is 0 Å². The van der Waals surface area contributed by atoms with E-state index in [1.807, 2.05) is 37.3 Å². The Morgan fingerprint density at radius 1 is 1.44 bits per heavy atom. The fourth-order valence-electron chi connectivity index (χ4n) is 1.50. The molecule has 1 N–H and O–H groups in total. The summed E-state index contributed by atoms with van der Waals surface area (Å²) in [5.41, 5.74) is 2.27. The first kappa shape index (κ1) is 11.9. The van der Waals surface area contributed by atoms with Gasteiger partial charge in [-0.2, -0.15) is 10.2 Å². The molecule has 90 valence electrons. The molecule has 2 rings (SSSR count). The van der Waals surface area contributed by atoms with Crippen molar-refractivity contribution in [2.75, 3.05) is 11.9 Å². The van der Waals surface area contributed by atoms with Crippen LogP contribution in [0.5, 0.6) is 0 Å². The highest BCUT2D eigenvalue weighted by Crippen LogP contribution is 2.25. The molecule has 0 radical (unpaired) electrons. The van der Waals surface area contributed by atoms with Gasteiger partial charge in [0.25, 0.3) is 0 Å². The van der Waals surface area contributed by atoms with Gasteiger partial charge in [0.15, 0.2) is 0 Å². The lowest BCUT2D eigenvalue weighted by Gasteiger charge is -1.97. The highest BCUT2D eigenvalue weighted by atomic mass is 16.4. The lowest BCUT2D eigenvalue weighted by molar-refractivity contribution is 0.587. The lowest BCUT2D eigenvalue weighted by Crippen LogP contribution is -1.97. The van der Waals surface area contributed by atoms with E-state index in [4.69, 9.17) is 9.68 Å². The van der Waals surface area contributed by atoms with Crippen molar-refractivity contribution in [2.45, 2.75) is 6.92 Å². The minimum atomic E-state index is 0.257. The van der Waals surface area contributed by atoms with Crippen molar-refractivity contribution in [3.05, 3.63) is 48.2 Å². The van der Waals surface area contributed by atoms with E-state index in [0.29, 0.717) is 18.3 Å². The summed E-state index contributed by atoms with van der Waals surface area (Å²) in [4.78, 5) is 4.16. The Kier molecular flexibility index (Phi) is 3.44. The molecule has 0 bridgehead atoms. The van der Waals surface area contributed by atoms with Crippen molar-refractivity contribution < 1.29 is 4.42 Å². The maximum Gasteiger partial charge on any atom is 0.232 e. The van der Waals surface area contributed by atoms with Gasteiger partial charge < -0.3 is 9.73 Å². The SMILES string of the molecule is C=CCNc1oc(-c2ccc(C)cc2)nc1C#N. The van der Waals surface area contributed by atoms with Gasteiger partial charge in [-0.1, -0.05) is 23.8 Å². The maximum atomic E-state index is 8.98. The number of oxazole rings is 1. The van der Waals surface area contributed by atoms with Crippen molar-refractivity contribution in [3.63, 3.8) is 0 Å². The Bertz CT molecular complexity index is 590. The average molecular weight is 239 g/mol. The fraction of sp³-hybridized carbons (Fsp3) is 0.143. The number of nitriles is 1. The molecule has 0 atom stereocenters. The number of nitrogens with zero attached hydrogens (tertiary/aromatic N) is 2. The number of hydrogen-bond acceptors (Lipinski definition) is 4. The van der Waals surface area contributed by atoms with Crippen LogP contribution in [0.4, 0.5) is 5.88 Å². The van der Waals surface area contributed by atoms with Crippen molar-refractivity contribution in [1.29, 1.82) is 5.26 Å². The number of aryl methyl sites for hydroxylation is 1. The predicted octanol–water partition coefficient (Wildman–Crippen LogP) is 3.12. The quantitative estimate of drug-likeness (QED) is 0.833. The molecule has 4 nitrogen and oxygen atoms in total. The molecule has 0 saturated heterocycles. The zero-order valence-electron chi connectivity index (χ0n) is 10.1. The highest BCUT2D eigenvalue weighted by Gasteiger charge is 2.13. The molecule has 0 unspecified atom stereocenters. The third-order valence-electron chi connectivity index (χ3n) is 2.44. The molecular formula is C14H13N3O. The first-order valence-corrected chi connectivity index (χ1v) is 5.57. The summed E-state index contributed by atoms with van der Waals surface area (Å²) in [5, 5.41) is 11.9. The summed E-state index contributed by atoms with van der Waals surface area (Å²) in [5.74, 6) is 0.825. The Morgan fingerprint density at radius 3 is 2.78 bits per heavy atom.